The Morgan fingerprint density at radius 1 is 1.03 bits per heavy atom. The molecule has 0 atom stereocenters. The lowest BCUT2D eigenvalue weighted by molar-refractivity contribution is -0.920. The Bertz CT molecular complexity index is 731. The molecule has 0 amide bonds. The van der Waals surface area contributed by atoms with Crippen LogP contribution in [-0.2, 0) is 17.9 Å². The van der Waals surface area contributed by atoms with E-state index in [0.29, 0.717) is 17.1 Å². The first-order valence-electron chi connectivity index (χ1n) is 9.53. The summed E-state index contributed by atoms with van der Waals surface area (Å²) in [4.78, 5) is 1.60. The number of hydrogen-bond donors (Lipinski definition) is 2. The van der Waals surface area contributed by atoms with Crippen LogP contribution in [0.2, 0.25) is 0 Å². The molecule has 2 aromatic carbocycles. The van der Waals surface area contributed by atoms with Crippen molar-refractivity contribution in [2.75, 3.05) is 46.5 Å². The highest BCUT2D eigenvalue weighted by Crippen LogP contribution is 2.31. The Morgan fingerprint density at radius 2 is 1.76 bits per heavy atom. The van der Waals surface area contributed by atoms with Crippen LogP contribution in [-0.4, -0.2) is 46.5 Å². The molecule has 3 N–H and O–H groups in total. The van der Waals surface area contributed by atoms with Gasteiger partial charge in [0.15, 0.2) is 11.5 Å². The molecule has 2 aromatic rings. The lowest BCUT2D eigenvalue weighted by Gasteiger charge is -2.23. The van der Waals surface area contributed by atoms with E-state index in [9.17, 15) is 4.39 Å². The van der Waals surface area contributed by atoms with Crippen LogP contribution in [0.3, 0.4) is 0 Å². The number of methoxy groups -OCH3 is 1. The first-order valence-corrected chi connectivity index (χ1v) is 9.53. The van der Waals surface area contributed by atoms with Crippen LogP contribution in [0.15, 0.2) is 42.5 Å². The molecule has 162 valence electrons. The Labute approximate surface area is 184 Å². The quantitative estimate of drug-likeness (QED) is 0.377. The molecule has 0 bridgehead atoms. The molecule has 5 nitrogen and oxygen atoms in total. The maximum absolute atomic E-state index is 13.9. The maximum atomic E-state index is 13.9. The standard InChI is InChI=1S/C21H27FN2O3.2ClH/c1-25-20-8-4-6-17(15-23-9-10-24-11-13-26-14-12-24)21(20)27-16-18-5-2-3-7-19(18)22;;/h2-8,23H,9-16H2,1H3;2*1H. The van der Waals surface area contributed by atoms with Crippen molar-refractivity contribution in [3.8, 4) is 11.5 Å². The van der Waals surface area contributed by atoms with Crippen molar-refractivity contribution >= 4 is 0 Å². The third-order valence-corrected chi connectivity index (χ3v) is 4.88. The van der Waals surface area contributed by atoms with E-state index in [0.717, 1.165) is 51.5 Å². The lowest BCUT2D eigenvalue weighted by atomic mass is 10.1. The summed E-state index contributed by atoms with van der Waals surface area (Å²) >= 11 is 0. The van der Waals surface area contributed by atoms with Gasteiger partial charge < -0.3 is 49.2 Å². The van der Waals surface area contributed by atoms with Gasteiger partial charge in [-0.05, 0) is 18.2 Å². The van der Waals surface area contributed by atoms with Gasteiger partial charge in [0.25, 0.3) is 0 Å². The number of halogens is 3. The van der Waals surface area contributed by atoms with Crippen molar-refractivity contribution in [1.82, 2.24) is 0 Å². The second-order valence-electron chi connectivity index (χ2n) is 6.72. The van der Waals surface area contributed by atoms with E-state index in [1.807, 2.05) is 24.3 Å². The minimum absolute atomic E-state index is 0. The molecule has 0 radical (unpaired) electrons. The summed E-state index contributed by atoms with van der Waals surface area (Å²) < 4.78 is 30.7. The predicted octanol–water partition coefficient (Wildman–Crippen LogP) is -5.60. The fourth-order valence-corrected chi connectivity index (χ4v) is 3.29. The summed E-state index contributed by atoms with van der Waals surface area (Å²) in [6.45, 7) is 7.04. The first-order chi connectivity index (χ1) is 13.3. The number of nitrogens with one attached hydrogen (secondary N) is 1. The van der Waals surface area contributed by atoms with E-state index >= 15 is 0 Å². The first kappa shape index (κ1) is 25.5. The van der Waals surface area contributed by atoms with Gasteiger partial charge in [-0.25, -0.2) is 4.39 Å². The Kier molecular flexibility index (Phi) is 12.0. The van der Waals surface area contributed by atoms with Gasteiger partial charge in [-0.1, -0.05) is 24.3 Å². The van der Waals surface area contributed by atoms with Crippen molar-refractivity contribution in [2.45, 2.75) is 13.2 Å². The molecule has 8 heteroatoms. The highest BCUT2D eigenvalue weighted by molar-refractivity contribution is 5.46. The molecule has 3 rings (SSSR count). The number of quaternary nitrogens is 2. The number of hydrogen-bond acceptors (Lipinski definition) is 3. The third kappa shape index (κ3) is 7.64. The smallest absolute Gasteiger partial charge is 0.170 e. The molecule has 0 aromatic heterocycles. The van der Waals surface area contributed by atoms with Gasteiger partial charge >= 0.3 is 0 Å². The van der Waals surface area contributed by atoms with E-state index in [1.54, 1.807) is 24.1 Å². The maximum Gasteiger partial charge on any atom is 0.170 e. The van der Waals surface area contributed by atoms with Crippen molar-refractivity contribution in [3.63, 3.8) is 0 Å². The van der Waals surface area contributed by atoms with Gasteiger partial charge in [0.2, 0.25) is 0 Å². The zero-order valence-electron chi connectivity index (χ0n) is 16.6. The Hall–Kier alpha value is -1.57. The van der Waals surface area contributed by atoms with Crippen LogP contribution < -0.4 is 44.5 Å². The van der Waals surface area contributed by atoms with E-state index < -0.39 is 0 Å². The van der Waals surface area contributed by atoms with Crippen molar-refractivity contribution in [1.29, 1.82) is 0 Å². The average molecular weight is 447 g/mol. The van der Waals surface area contributed by atoms with Crippen molar-refractivity contribution in [2.24, 2.45) is 0 Å². The van der Waals surface area contributed by atoms with Gasteiger partial charge in [0.1, 0.15) is 45.1 Å². The molecule has 1 saturated heterocycles. The molecule has 0 saturated carbocycles. The Morgan fingerprint density at radius 3 is 2.48 bits per heavy atom. The van der Waals surface area contributed by atoms with Gasteiger partial charge in [-0.2, -0.15) is 0 Å². The molecule has 1 aliphatic heterocycles. The largest absolute Gasteiger partial charge is 1.00 e. The van der Waals surface area contributed by atoms with Crippen LogP contribution in [0, 0.1) is 5.82 Å². The topological polar surface area (TPSA) is 48.7 Å². The second-order valence-corrected chi connectivity index (χ2v) is 6.72. The summed E-state index contributed by atoms with van der Waals surface area (Å²) in [5.74, 6) is 1.11. The van der Waals surface area contributed by atoms with Gasteiger partial charge in [0, 0.05) is 5.56 Å². The van der Waals surface area contributed by atoms with Crippen LogP contribution in [0.5, 0.6) is 11.5 Å². The fraction of sp³-hybridized carbons (Fsp3) is 0.429. The second kappa shape index (κ2) is 13.6. The summed E-state index contributed by atoms with van der Waals surface area (Å²) in [7, 11) is 1.63. The number of rotatable bonds is 9. The molecular formula is C21H29Cl2FN2O3. The SMILES string of the molecule is COc1cccc(C[NH2+]CC[NH+]2CCOCC2)c1OCc1ccccc1F.[Cl-].[Cl-]. The van der Waals surface area contributed by atoms with E-state index in [4.69, 9.17) is 14.2 Å². The summed E-state index contributed by atoms with van der Waals surface area (Å²) in [5, 5.41) is 2.28. The number of benzene rings is 2. The summed E-state index contributed by atoms with van der Waals surface area (Å²) in [6, 6.07) is 12.6. The molecule has 0 unspecified atom stereocenters. The average Bonchev–Trinajstić information content (AvgIpc) is 2.71. The van der Waals surface area contributed by atoms with E-state index in [-0.39, 0.29) is 37.2 Å². The number of morpholine rings is 1. The van der Waals surface area contributed by atoms with Crippen LogP contribution >= 0.6 is 0 Å². The normalized spacial score (nSPS) is 13.9. The zero-order chi connectivity index (χ0) is 18.9. The third-order valence-electron chi connectivity index (χ3n) is 4.88. The zero-order valence-corrected chi connectivity index (χ0v) is 18.1. The van der Waals surface area contributed by atoms with Gasteiger partial charge in [0.05, 0.1) is 25.9 Å². The predicted molar refractivity (Wildman–Crippen MR) is 101 cm³/mol. The van der Waals surface area contributed by atoms with E-state index in [2.05, 4.69) is 5.32 Å². The molecule has 1 fully saturated rings. The molecule has 29 heavy (non-hydrogen) atoms. The molecular weight excluding hydrogens is 418 g/mol. The van der Waals surface area contributed by atoms with Crippen molar-refractivity contribution in [3.05, 3.63) is 59.4 Å². The van der Waals surface area contributed by atoms with Gasteiger partial charge in [-0.3, -0.25) is 0 Å². The molecule has 1 heterocycles. The minimum Gasteiger partial charge on any atom is -1.00 e. The Balaban J connectivity index is 0.00000210. The summed E-state index contributed by atoms with van der Waals surface area (Å²) in [5.41, 5.74) is 1.59. The van der Waals surface area contributed by atoms with Crippen LogP contribution in [0.4, 0.5) is 4.39 Å². The van der Waals surface area contributed by atoms with E-state index in [1.165, 1.54) is 6.07 Å². The van der Waals surface area contributed by atoms with Crippen LogP contribution in [0.1, 0.15) is 11.1 Å². The monoisotopic (exact) mass is 446 g/mol. The van der Waals surface area contributed by atoms with Gasteiger partial charge in [-0.15, -0.1) is 0 Å². The summed E-state index contributed by atoms with van der Waals surface area (Å²) in [6.07, 6.45) is 0. The molecule has 1 aliphatic rings. The number of nitrogens with two attached hydrogens (primary N) is 1. The number of para-hydroxylation sites is 1. The fourth-order valence-electron chi connectivity index (χ4n) is 3.29. The lowest BCUT2D eigenvalue weighted by Crippen LogP contribution is -3.16. The van der Waals surface area contributed by atoms with Crippen molar-refractivity contribution < 1.29 is 53.6 Å². The molecule has 0 aliphatic carbocycles. The minimum atomic E-state index is -0.256. The number of ether oxygens (including phenoxy) is 3. The highest BCUT2D eigenvalue weighted by atomic mass is 35.5. The highest BCUT2D eigenvalue weighted by Gasteiger charge is 2.16. The van der Waals surface area contributed by atoms with Crippen LogP contribution in [0.25, 0.3) is 0 Å². The molecule has 0 spiro atoms.